The molecular weight excluding hydrogens is 350 g/mol. The predicted octanol–water partition coefficient (Wildman–Crippen LogP) is 4.65. The average Bonchev–Trinajstić information content (AvgIpc) is 2.61. The lowest BCUT2D eigenvalue weighted by atomic mass is 9.85. The van der Waals surface area contributed by atoms with Crippen molar-refractivity contribution < 1.29 is 9.59 Å². The van der Waals surface area contributed by atoms with Crippen molar-refractivity contribution in [2.45, 2.75) is 40.0 Å². The Hall–Kier alpha value is -2.82. The number of carbonyl (C=O) groups is 2. The normalized spacial score (nSPS) is 11.7. The number of benzene rings is 2. The van der Waals surface area contributed by atoms with Gasteiger partial charge in [-0.2, -0.15) is 0 Å². The first-order chi connectivity index (χ1) is 12.9. The van der Waals surface area contributed by atoms with E-state index in [9.17, 15) is 9.59 Å². The van der Waals surface area contributed by atoms with E-state index in [0.29, 0.717) is 5.69 Å². The van der Waals surface area contributed by atoms with Gasteiger partial charge in [0.15, 0.2) is 0 Å². The molecule has 0 bridgehead atoms. The molecule has 0 aromatic heterocycles. The molecule has 0 aliphatic rings. The van der Waals surface area contributed by atoms with E-state index in [1.165, 1.54) is 0 Å². The molecule has 0 aliphatic carbocycles. The van der Waals surface area contributed by atoms with Crippen molar-refractivity contribution in [3.8, 4) is 0 Å². The van der Waals surface area contributed by atoms with Crippen LogP contribution in [0, 0.1) is 5.41 Å². The number of amides is 2. The van der Waals surface area contributed by atoms with Crippen molar-refractivity contribution in [3.63, 3.8) is 0 Å². The SMILES string of the molecule is CN(C)c1ccc(NC(=O)C(C)(C)C(=O)Nc2ccccc2C(C)(C)C)cc1. The summed E-state index contributed by atoms with van der Waals surface area (Å²) in [4.78, 5) is 27.7. The Bertz CT molecular complexity index is 847. The topological polar surface area (TPSA) is 61.4 Å². The second kappa shape index (κ2) is 8.05. The molecule has 2 aromatic rings. The van der Waals surface area contributed by atoms with Crippen LogP contribution < -0.4 is 15.5 Å². The Labute approximate surface area is 168 Å². The summed E-state index contributed by atoms with van der Waals surface area (Å²) in [6.45, 7) is 9.53. The maximum absolute atomic E-state index is 12.9. The molecule has 0 heterocycles. The maximum Gasteiger partial charge on any atom is 0.239 e. The zero-order valence-corrected chi connectivity index (χ0v) is 17.9. The minimum Gasteiger partial charge on any atom is -0.378 e. The number of hydrogen-bond donors (Lipinski definition) is 2. The van der Waals surface area contributed by atoms with Gasteiger partial charge in [-0.25, -0.2) is 0 Å². The Morgan fingerprint density at radius 1 is 0.786 bits per heavy atom. The molecule has 0 atom stereocenters. The van der Waals surface area contributed by atoms with Gasteiger partial charge >= 0.3 is 0 Å². The van der Waals surface area contributed by atoms with E-state index in [1.54, 1.807) is 13.8 Å². The fourth-order valence-electron chi connectivity index (χ4n) is 2.76. The lowest BCUT2D eigenvalue weighted by Gasteiger charge is -2.26. The van der Waals surface area contributed by atoms with Gasteiger partial charge in [-0.3, -0.25) is 9.59 Å². The summed E-state index contributed by atoms with van der Waals surface area (Å²) in [5, 5.41) is 5.78. The van der Waals surface area contributed by atoms with Crippen LogP contribution in [0.25, 0.3) is 0 Å². The van der Waals surface area contributed by atoms with Gasteiger partial charge in [-0.1, -0.05) is 39.0 Å². The maximum atomic E-state index is 12.9. The van der Waals surface area contributed by atoms with Gasteiger partial charge in [0.2, 0.25) is 11.8 Å². The van der Waals surface area contributed by atoms with E-state index < -0.39 is 5.41 Å². The van der Waals surface area contributed by atoms with Crippen molar-refractivity contribution in [1.82, 2.24) is 0 Å². The molecule has 5 nitrogen and oxygen atoms in total. The van der Waals surface area contributed by atoms with Crippen LogP contribution in [0.1, 0.15) is 40.2 Å². The van der Waals surface area contributed by atoms with Crippen molar-refractivity contribution >= 4 is 28.9 Å². The Morgan fingerprint density at radius 2 is 1.32 bits per heavy atom. The highest BCUT2D eigenvalue weighted by Crippen LogP contribution is 2.31. The fraction of sp³-hybridized carbons (Fsp3) is 0.391. The molecular formula is C23H31N3O2. The lowest BCUT2D eigenvalue weighted by molar-refractivity contribution is -0.135. The highest BCUT2D eigenvalue weighted by atomic mass is 16.2. The minimum absolute atomic E-state index is 0.121. The zero-order valence-electron chi connectivity index (χ0n) is 17.9. The third-order valence-electron chi connectivity index (χ3n) is 4.76. The molecule has 2 rings (SSSR count). The van der Waals surface area contributed by atoms with Gasteiger partial charge in [-0.15, -0.1) is 0 Å². The number of anilines is 3. The van der Waals surface area contributed by atoms with E-state index in [-0.39, 0.29) is 17.2 Å². The number of para-hydroxylation sites is 1. The monoisotopic (exact) mass is 381 g/mol. The molecule has 5 heteroatoms. The van der Waals surface area contributed by atoms with Crippen LogP contribution in [0.15, 0.2) is 48.5 Å². The van der Waals surface area contributed by atoms with Gasteiger partial charge in [0, 0.05) is 31.2 Å². The summed E-state index contributed by atoms with van der Waals surface area (Å²) in [5.41, 5.74) is 2.10. The number of nitrogens with zero attached hydrogens (tertiary/aromatic N) is 1. The lowest BCUT2D eigenvalue weighted by Crippen LogP contribution is -2.42. The first-order valence-electron chi connectivity index (χ1n) is 9.42. The Morgan fingerprint density at radius 3 is 1.86 bits per heavy atom. The molecule has 0 unspecified atom stereocenters. The zero-order chi connectivity index (χ0) is 21.1. The fourth-order valence-corrected chi connectivity index (χ4v) is 2.76. The van der Waals surface area contributed by atoms with Crippen molar-refractivity contribution in [2.24, 2.45) is 5.41 Å². The van der Waals surface area contributed by atoms with Crippen LogP contribution in [0.5, 0.6) is 0 Å². The Kier molecular flexibility index (Phi) is 6.17. The van der Waals surface area contributed by atoms with E-state index in [2.05, 4.69) is 31.4 Å². The number of rotatable bonds is 5. The average molecular weight is 382 g/mol. The highest BCUT2D eigenvalue weighted by Gasteiger charge is 2.36. The quantitative estimate of drug-likeness (QED) is 0.741. The van der Waals surface area contributed by atoms with E-state index in [0.717, 1.165) is 16.9 Å². The summed E-state index contributed by atoms with van der Waals surface area (Å²) >= 11 is 0. The predicted molar refractivity (Wildman–Crippen MR) is 117 cm³/mol. The molecule has 0 saturated heterocycles. The molecule has 0 radical (unpaired) electrons. The number of hydrogen-bond acceptors (Lipinski definition) is 3. The smallest absolute Gasteiger partial charge is 0.239 e. The molecule has 0 fully saturated rings. The first kappa shape index (κ1) is 21.5. The van der Waals surface area contributed by atoms with Gasteiger partial charge < -0.3 is 15.5 Å². The second-order valence-electron chi connectivity index (χ2n) is 8.77. The summed E-state index contributed by atoms with van der Waals surface area (Å²) in [6.07, 6.45) is 0. The molecule has 150 valence electrons. The summed E-state index contributed by atoms with van der Waals surface area (Å²) in [7, 11) is 3.91. The first-order valence-corrected chi connectivity index (χ1v) is 9.42. The van der Waals surface area contributed by atoms with E-state index in [4.69, 9.17) is 0 Å². The highest BCUT2D eigenvalue weighted by molar-refractivity contribution is 6.14. The van der Waals surface area contributed by atoms with Crippen LogP contribution in [-0.2, 0) is 15.0 Å². The van der Waals surface area contributed by atoms with E-state index >= 15 is 0 Å². The third-order valence-corrected chi connectivity index (χ3v) is 4.76. The van der Waals surface area contributed by atoms with E-state index in [1.807, 2.05) is 67.5 Å². The summed E-state index contributed by atoms with van der Waals surface area (Å²) < 4.78 is 0. The molecule has 2 aromatic carbocycles. The van der Waals surface area contributed by atoms with Crippen molar-refractivity contribution in [1.29, 1.82) is 0 Å². The molecule has 0 spiro atoms. The Balaban J connectivity index is 2.15. The van der Waals surface area contributed by atoms with Crippen LogP contribution in [0.2, 0.25) is 0 Å². The van der Waals surface area contributed by atoms with Gasteiger partial charge in [-0.05, 0) is 55.2 Å². The standard InChI is InChI=1S/C23H31N3O2/c1-22(2,3)18-10-8-9-11-19(18)25-21(28)23(4,5)20(27)24-16-12-14-17(15-13-16)26(6)7/h8-15H,1-7H3,(H,24,27)(H,25,28). The minimum atomic E-state index is -1.23. The number of nitrogens with one attached hydrogen (secondary N) is 2. The largest absolute Gasteiger partial charge is 0.378 e. The van der Waals surface area contributed by atoms with Gasteiger partial charge in [0.1, 0.15) is 5.41 Å². The van der Waals surface area contributed by atoms with Crippen molar-refractivity contribution in [2.75, 3.05) is 29.6 Å². The molecule has 28 heavy (non-hydrogen) atoms. The van der Waals surface area contributed by atoms with Gasteiger partial charge in [0.05, 0.1) is 0 Å². The van der Waals surface area contributed by atoms with Crippen LogP contribution >= 0.6 is 0 Å². The summed E-state index contributed by atoms with van der Waals surface area (Å²) in [5.74, 6) is -0.692. The molecule has 2 amide bonds. The second-order valence-corrected chi connectivity index (χ2v) is 8.77. The molecule has 0 aliphatic heterocycles. The van der Waals surface area contributed by atoms with Crippen molar-refractivity contribution in [3.05, 3.63) is 54.1 Å². The van der Waals surface area contributed by atoms with Crippen LogP contribution in [-0.4, -0.2) is 25.9 Å². The molecule has 2 N–H and O–H groups in total. The number of carbonyl (C=O) groups excluding carboxylic acids is 2. The molecule has 0 saturated carbocycles. The van der Waals surface area contributed by atoms with Gasteiger partial charge in [0.25, 0.3) is 0 Å². The van der Waals surface area contributed by atoms with Crippen LogP contribution in [0.3, 0.4) is 0 Å². The third kappa shape index (κ3) is 4.91. The summed E-state index contributed by atoms with van der Waals surface area (Å²) in [6, 6.07) is 15.2. The van der Waals surface area contributed by atoms with Crippen LogP contribution in [0.4, 0.5) is 17.1 Å².